The number of hydrogen-bond donors (Lipinski definition) is 1. The summed E-state index contributed by atoms with van der Waals surface area (Å²) >= 11 is 0. The van der Waals surface area contributed by atoms with Gasteiger partial charge >= 0.3 is 5.97 Å². The van der Waals surface area contributed by atoms with E-state index in [9.17, 15) is 9.59 Å². The molecule has 1 N–H and O–H groups in total. The van der Waals surface area contributed by atoms with E-state index in [1.165, 1.54) is 0 Å². The Bertz CT molecular complexity index is 251. The van der Waals surface area contributed by atoms with Crippen molar-refractivity contribution in [2.75, 3.05) is 7.05 Å². The van der Waals surface area contributed by atoms with Crippen LogP contribution in [0.1, 0.15) is 52.9 Å². The predicted octanol–water partition coefficient (Wildman–Crippen LogP) is 2.52. The van der Waals surface area contributed by atoms with E-state index in [0.29, 0.717) is 25.2 Å². The lowest BCUT2D eigenvalue weighted by Gasteiger charge is -2.26. The van der Waals surface area contributed by atoms with Gasteiger partial charge in [-0.3, -0.25) is 9.59 Å². The van der Waals surface area contributed by atoms with Gasteiger partial charge in [-0.1, -0.05) is 13.8 Å². The molecule has 0 aliphatic heterocycles. The van der Waals surface area contributed by atoms with Crippen LogP contribution in [-0.2, 0) is 9.59 Å². The average Bonchev–Trinajstić information content (AvgIpc) is 2.21. The summed E-state index contributed by atoms with van der Waals surface area (Å²) in [5, 5.41) is 8.48. The van der Waals surface area contributed by atoms with Gasteiger partial charge in [0.1, 0.15) is 0 Å². The van der Waals surface area contributed by atoms with Crippen molar-refractivity contribution in [2.45, 2.75) is 58.9 Å². The van der Waals surface area contributed by atoms with Gasteiger partial charge in [-0.25, -0.2) is 0 Å². The molecule has 4 heteroatoms. The third-order valence-corrected chi connectivity index (χ3v) is 2.90. The fourth-order valence-electron chi connectivity index (χ4n) is 1.81. The lowest BCUT2D eigenvalue weighted by Crippen LogP contribution is -2.35. The van der Waals surface area contributed by atoms with E-state index in [0.717, 1.165) is 6.42 Å². The van der Waals surface area contributed by atoms with Crippen LogP contribution in [0.2, 0.25) is 0 Å². The summed E-state index contributed by atoms with van der Waals surface area (Å²) in [6, 6.07) is 0.252. The highest BCUT2D eigenvalue weighted by atomic mass is 16.4. The van der Waals surface area contributed by atoms with E-state index >= 15 is 0 Å². The molecule has 0 saturated heterocycles. The molecule has 1 amide bonds. The molecule has 0 fully saturated rings. The first kappa shape index (κ1) is 15.9. The number of carboxylic acid groups (broad SMARTS) is 1. The Morgan fingerprint density at radius 1 is 1.12 bits per heavy atom. The van der Waals surface area contributed by atoms with Crippen LogP contribution in [0.5, 0.6) is 0 Å². The average molecular weight is 243 g/mol. The standard InChI is InChI=1S/C13H25NO3/c1-10(2)9-11(3)14(4)12(15)7-5-6-8-13(16)17/h10-11H,5-9H2,1-4H3,(H,16,17). The first-order chi connectivity index (χ1) is 7.84. The largest absolute Gasteiger partial charge is 0.481 e. The highest BCUT2D eigenvalue weighted by Crippen LogP contribution is 2.12. The Hall–Kier alpha value is -1.06. The number of amides is 1. The van der Waals surface area contributed by atoms with Gasteiger partial charge in [-0.2, -0.15) is 0 Å². The smallest absolute Gasteiger partial charge is 0.303 e. The van der Waals surface area contributed by atoms with E-state index in [2.05, 4.69) is 20.8 Å². The fourth-order valence-corrected chi connectivity index (χ4v) is 1.81. The monoisotopic (exact) mass is 243 g/mol. The maximum atomic E-state index is 11.8. The van der Waals surface area contributed by atoms with E-state index in [1.807, 2.05) is 7.05 Å². The van der Waals surface area contributed by atoms with E-state index < -0.39 is 5.97 Å². The second-order valence-corrected chi connectivity index (χ2v) is 5.08. The van der Waals surface area contributed by atoms with E-state index in [1.54, 1.807) is 4.90 Å². The van der Waals surface area contributed by atoms with Gasteiger partial charge < -0.3 is 10.0 Å². The SMILES string of the molecule is CC(C)CC(C)N(C)C(=O)CCCCC(=O)O. The van der Waals surface area contributed by atoms with E-state index in [-0.39, 0.29) is 18.4 Å². The molecule has 17 heavy (non-hydrogen) atoms. The molecule has 100 valence electrons. The molecule has 0 rings (SSSR count). The minimum atomic E-state index is -0.793. The number of carboxylic acids is 1. The Morgan fingerprint density at radius 2 is 1.65 bits per heavy atom. The summed E-state index contributed by atoms with van der Waals surface area (Å²) in [5.41, 5.74) is 0. The normalized spacial score (nSPS) is 12.5. The summed E-state index contributed by atoms with van der Waals surface area (Å²) in [4.78, 5) is 23.9. The van der Waals surface area contributed by atoms with Crippen molar-refractivity contribution < 1.29 is 14.7 Å². The van der Waals surface area contributed by atoms with Crippen LogP contribution in [0.15, 0.2) is 0 Å². The number of carbonyl (C=O) groups excluding carboxylic acids is 1. The molecule has 0 aromatic rings. The van der Waals surface area contributed by atoms with Crippen LogP contribution < -0.4 is 0 Å². The highest BCUT2D eigenvalue weighted by Gasteiger charge is 2.16. The molecule has 0 bridgehead atoms. The van der Waals surface area contributed by atoms with Crippen molar-refractivity contribution >= 4 is 11.9 Å². The van der Waals surface area contributed by atoms with Crippen LogP contribution in [0.3, 0.4) is 0 Å². The van der Waals surface area contributed by atoms with Gasteiger partial charge in [0.2, 0.25) is 5.91 Å². The van der Waals surface area contributed by atoms with Gasteiger partial charge in [0, 0.05) is 25.9 Å². The van der Waals surface area contributed by atoms with Gasteiger partial charge in [-0.05, 0) is 32.1 Å². The van der Waals surface area contributed by atoms with Crippen LogP contribution in [0, 0.1) is 5.92 Å². The number of hydrogen-bond acceptors (Lipinski definition) is 2. The summed E-state index contributed by atoms with van der Waals surface area (Å²) < 4.78 is 0. The molecule has 0 aliphatic rings. The van der Waals surface area contributed by atoms with Crippen molar-refractivity contribution in [3.05, 3.63) is 0 Å². The third-order valence-electron chi connectivity index (χ3n) is 2.90. The molecular weight excluding hydrogens is 218 g/mol. The van der Waals surface area contributed by atoms with Gasteiger partial charge in [-0.15, -0.1) is 0 Å². The summed E-state index contributed by atoms with van der Waals surface area (Å²) in [6.45, 7) is 6.33. The first-order valence-corrected chi connectivity index (χ1v) is 6.32. The molecule has 0 aromatic heterocycles. The van der Waals surface area contributed by atoms with Gasteiger partial charge in [0.15, 0.2) is 0 Å². The number of aliphatic carboxylic acids is 1. The second kappa shape index (κ2) is 8.09. The van der Waals surface area contributed by atoms with Crippen molar-refractivity contribution in [1.82, 2.24) is 4.90 Å². The number of carbonyl (C=O) groups is 2. The zero-order valence-electron chi connectivity index (χ0n) is 11.4. The fraction of sp³-hybridized carbons (Fsp3) is 0.846. The molecule has 0 saturated carbocycles. The third kappa shape index (κ3) is 7.77. The number of rotatable bonds is 8. The molecule has 0 aromatic carbocycles. The topological polar surface area (TPSA) is 57.6 Å². The number of unbranched alkanes of at least 4 members (excludes halogenated alkanes) is 1. The molecule has 1 unspecified atom stereocenters. The molecule has 1 atom stereocenters. The maximum absolute atomic E-state index is 11.8. The Balaban J connectivity index is 3.84. The van der Waals surface area contributed by atoms with Crippen LogP contribution in [-0.4, -0.2) is 35.0 Å². The lowest BCUT2D eigenvalue weighted by molar-refractivity contribution is -0.137. The summed E-state index contributed by atoms with van der Waals surface area (Å²) in [5.74, 6) is -0.102. The maximum Gasteiger partial charge on any atom is 0.303 e. The Labute approximate surface area is 104 Å². The van der Waals surface area contributed by atoms with E-state index in [4.69, 9.17) is 5.11 Å². The zero-order chi connectivity index (χ0) is 13.4. The number of nitrogens with zero attached hydrogens (tertiary/aromatic N) is 1. The van der Waals surface area contributed by atoms with Gasteiger partial charge in [0.05, 0.1) is 0 Å². The molecule has 0 spiro atoms. The summed E-state index contributed by atoms with van der Waals surface area (Å²) in [7, 11) is 1.83. The van der Waals surface area contributed by atoms with Crippen LogP contribution >= 0.6 is 0 Å². The Kier molecular flexibility index (Phi) is 7.59. The van der Waals surface area contributed by atoms with Crippen LogP contribution in [0.4, 0.5) is 0 Å². The van der Waals surface area contributed by atoms with Crippen molar-refractivity contribution in [3.8, 4) is 0 Å². The Morgan fingerprint density at radius 3 is 2.12 bits per heavy atom. The highest BCUT2D eigenvalue weighted by molar-refractivity contribution is 5.76. The van der Waals surface area contributed by atoms with Crippen molar-refractivity contribution in [2.24, 2.45) is 5.92 Å². The summed E-state index contributed by atoms with van der Waals surface area (Å²) in [6.07, 6.45) is 2.83. The molecule has 4 nitrogen and oxygen atoms in total. The zero-order valence-corrected chi connectivity index (χ0v) is 11.4. The quantitative estimate of drug-likeness (QED) is 0.666. The van der Waals surface area contributed by atoms with Crippen LogP contribution in [0.25, 0.3) is 0 Å². The molecule has 0 radical (unpaired) electrons. The lowest BCUT2D eigenvalue weighted by atomic mass is 10.0. The molecule has 0 heterocycles. The second-order valence-electron chi connectivity index (χ2n) is 5.08. The van der Waals surface area contributed by atoms with Crippen molar-refractivity contribution in [1.29, 1.82) is 0 Å². The van der Waals surface area contributed by atoms with Gasteiger partial charge in [0.25, 0.3) is 0 Å². The van der Waals surface area contributed by atoms with Crippen molar-refractivity contribution in [3.63, 3.8) is 0 Å². The minimum absolute atomic E-state index is 0.114. The first-order valence-electron chi connectivity index (χ1n) is 6.32. The molecular formula is C13H25NO3. The molecule has 0 aliphatic carbocycles. The minimum Gasteiger partial charge on any atom is -0.481 e. The predicted molar refractivity (Wildman–Crippen MR) is 67.8 cm³/mol.